The van der Waals surface area contributed by atoms with Crippen molar-refractivity contribution in [3.8, 4) is 22.8 Å². The second-order valence-electron chi connectivity index (χ2n) is 9.64. The third-order valence-corrected chi connectivity index (χ3v) is 5.02. The quantitative estimate of drug-likeness (QED) is 0.162. The number of carbonyl (C=O) groups excluding carboxylic acids is 1. The zero-order valence-corrected chi connectivity index (χ0v) is 27.2. The average molecular weight is 597 g/mol. The number of aromatic nitrogens is 5. The number of aryl methyl sites for hydroxylation is 3. The van der Waals surface area contributed by atoms with Gasteiger partial charge in [-0.3, -0.25) is 4.79 Å². The fourth-order valence-corrected chi connectivity index (χ4v) is 3.13. The lowest BCUT2D eigenvalue weighted by molar-refractivity contribution is -0.109. The van der Waals surface area contributed by atoms with E-state index in [2.05, 4.69) is 60.0 Å². The first-order valence-corrected chi connectivity index (χ1v) is 15.1. The van der Waals surface area contributed by atoms with Crippen LogP contribution in [0.15, 0.2) is 60.9 Å². The number of nitrogens with zero attached hydrogens (tertiary/aromatic N) is 5. The van der Waals surface area contributed by atoms with Gasteiger partial charge >= 0.3 is 0 Å². The number of nitrogens with one attached hydrogen (secondary N) is 1. The maximum atomic E-state index is 13.1. The van der Waals surface area contributed by atoms with Crippen molar-refractivity contribution in [1.82, 2.24) is 30.0 Å². The SMILES string of the molecule is CCC.CCC.CCCCn1nc(-c2ccc(F)cc2)nc1-c1ccc(F)cc1.CCCNC=O.Cc1cc(C)ncn1. The minimum atomic E-state index is -0.294. The molecule has 0 saturated heterocycles. The summed E-state index contributed by atoms with van der Waals surface area (Å²) in [6, 6.07) is 14.2. The molecule has 0 aliphatic rings. The molecule has 236 valence electrons. The molecule has 0 bridgehead atoms. The standard InChI is InChI=1S/C18H17F2N3.C6H8N2.C4H9NO.2C3H8/c1-2-3-12-23-18(14-6-10-16(20)11-7-14)21-17(22-23)13-4-8-15(19)9-5-13;1-5-3-6(2)8-4-7-5;1-2-3-5-4-6;2*1-3-2/h4-11H,2-3,12H2,1H3;3-4H,1-2H3;4H,2-3H2,1H3,(H,5,6);2*3H2,1-2H3. The summed E-state index contributed by atoms with van der Waals surface area (Å²) in [7, 11) is 0. The molecule has 1 N–H and O–H groups in total. The van der Waals surface area contributed by atoms with Crippen LogP contribution in [0, 0.1) is 25.5 Å². The minimum Gasteiger partial charge on any atom is -0.359 e. The lowest BCUT2D eigenvalue weighted by atomic mass is 10.2. The van der Waals surface area contributed by atoms with E-state index in [-0.39, 0.29) is 11.6 Å². The lowest BCUT2D eigenvalue weighted by Gasteiger charge is -2.04. The average Bonchev–Trinajstić information content (AvgIpc) is 3.41. The Labute approximate surface area is 257 Å². The topological polar surface area (TPSA) is 85.6 Å². The highest BCUT2D eigenvalue weighted by Crippen LogP contribution is 2.23. The molecule has 0 radical (unpaired) electrons. The highest BCUT2D eigenvalue weighted by molar-refractivity contribution is 5.61. The van der Waals surface area contributed by atoms with Crippen molar-refractivity contribution >= 4 is 6.41 Å². The highest BCUT2D eigenvalue weighted by atomic mass is 19.1. The Balaban J connectivity index is 0.000000720. The molecule has 2 heterocycles. The van der Waals surface area contributed by atoms with Gasteiger partial charge in [0.1, 0.15) is 18.0 Å². The van der Waals surface area contributed by atoms with Crippen molar-refractivity contribution in [2.75, 3.05) is 6.54 Å². The molecule has 4 rings (SSSR count). The molecule has 7 nitrogen and oxygen atoms in total. The molecule has 0 spiro atoms. The van der Waals surface area contributed by atoms with Crippen LogP contribution in [0.3, 0.4) is 0 Å². The predicted molar refractivity (Wildman–Crippen MR) is 174 cm³/mol. The van der Waals surface area contributed by atoms with Gasteiger partial charge in [-0.15, -0.1) is 0 Å². The third-order valence-electron chi connectivity index (χ3n) is 5.02. The van der Waals surface area contributed by atoms with Crippen molar-refractivity contribution in [3.05, 3.63) is 83.9 Å². The maximum absolute atomic E-state index is 13.1. The van der Waals surface area contributed by atoms with Crippen LogP contribution in [-0.2, 0) is 11.3 Å². The molecule has 0 fully saturated rings. The van der Waals surface area contributed by atoms with E-state index in [1.54, 1.807) is 30.6 Å². The Morgan fingerprint density at radius 2 is 1.26 bits per heavy atom. The first-order chi connectivity index (χ1) is 20.7. The molecule has 4 aromatic rings. The summed E-state index contributed by atoms with van der Waals surface area (Å²) in [5, 5.41) is 7.05. The molecule has 0 unspecified atom stereocenters. The number of amides is 1. The van der Waals surface area contributed by atoms with E-state index in [0.29, 0.717) is 18.1 Å². The Morgan fingerprint density at radius 1 is 0.767 bits per heavy atom. The van der Waals surface area contributed by atoms with Crippen molar-refractivity contribution in [2.45, 2.75) is 94.0 Å². The van der Waals surface area contributed by atoms with Crippen molar-refractivity contribution in [3.63, 3.8) is 0 Å². The van der Waals surface area contributed by atoms with E-state index in [4.69, 9.17) is 0 Å². The van der Waals surface area contributed by atoms with Gasteiger partial charge in [0, 0.05) is 35.6 Å². The fourth-order valence-electron chi connectivity index (χ4n) is 3.13. The maximum Gasteiger partial charge on any atom is 0.207 e. The van der Waals surface area contributed by atoms with Gasteiger partial charge in [0.2, 0.25) is 6.41 Å². The van der Waals surface area contributed by atoms with Gasteiger partial charge in [0.25, 0.3) is 0 Å². The Hall–Kier alpha value is -4.01. The third kappa shape index (κ3) is 17.5. The molecule has 1 amide bonds. The van der Waals surface area contributed by atoms with E-state index in [0.717, 1.165) is 54.9 Å². The Kier molecular flexibility index (Phi) is 22.3. The van der Waals surface area contributed by atoms with Crippen LogP contribution in [0.4, 0.5) is 8.78 Å². The van der Waals surface area contributed by atoms with Gasteiger partial charge < -0.3 is 5.32 Å². The van der Waals surface area contributed by atoms with E-state index in [1.807, 2.05) is 31.5 Å². The largest absolute Gasteiger partial charge is 0.359 e. The number of hydrogen-bond acceptors (Lipinski definition) is 5. The van der Waals surface area contributed by atoms with Crippen LogP contribution in [0.25, 0.3) is 22.8 Å². The van der Waals surface area contributed by atoms with Crippen LogP contribution < -0.4 is 5.32 Å². The van der Waals surface area contributed by atoms with Crippen molar-refractivity contribution < 1.29 is 13.6 Å². The zero-order valence-electron chi connectivity index (χ0n) is 27.2. The fraction of sp³-hybridized carbons (Fsp3) is 0.441. The number of hydrogen-bond donors (Lipinski definition) is 1. The molecular formula is C34H50F2N6O. The monoisotopic (exact) mass is 596 g/mol. The Bertz CT molecular complexity index is 1230. The summed E-state index contributed by atoms with van der Waals surface area (Å²) in [5.74, 6) is 0.656. The van der Waals surface area contributed by atoms with Crippen LogP contribution >= 0.6 is 0 Å². The van der Waals surface area contributed by atoms with E-state index < -0.39 is 0 Å². The summed E-state index contributed by atoms with van der Waals surface area (Å²) in [6.07, 6.45) is 7.81. The summed E-state index contributed by atoms with van der Waals surface area (Å²) >= 11 is 0. The van der Waals surface area contributed by atoms with E-state index >= 15 is 0 Å². The zero-order chi connectivity index (χ0) is 32.5. The van der Waals surface area contributed by atoms with E-state index in [9.17, 15) is 13.6 Å². The summed E-state index contributed by atoms with van der Waals surface area (Å²) < 4.78 is 28.0. The van der Waals surface area contributed by atoms with Crippen LogP contribution in [0.2, 0.25) is 0 Å². The van der Waals surface area contributed by atoms with Gasteiger partial charge in [-0.05, 0) is 81.3 Å². The molecule has 0 aliphatic carbocycles. The van der Waals surface area contributed by atoms with E-state index in [1.165, 1.54) is 37.1 Å². The summed E-state index contributed by atoms with van der Waals surface area (Å²) in [5.41, 5.74) is 3.61. The van der Waals surface area contributed by atoms with Crippen LogP contribution in [0.1, 0.15) is 85.0 Å². The Morgan fingerprint density at radius 3 is 1.63 bits per heavy atom. The predicted octanol–water partition coefficient (Wildman–Crippen LogP) is 8.76. The highest BCUT2D eigenvalue weighted by Gasteiger charge is 2.13. The van der Waals surface area contributed by atoms with Crippen LogP contribution in [-0.4, -0.2) is 37.7 Å². The van der Waals surface area contributed by atoms with Gasteiger partial charge in [-0.1, -0.05) is 60.8 Å². The van der Waals surface area contributed by atoms with Gasteiger partial charge in [0.15, 0.2) is 11.6 Å². The number of benzene rings is 2. The van der Waals surface area contributed by atoms with Crippen molar-refractivity contribution in [2.24, 2.45) is 0 Å². The molecular weight excluding hydrogens is 546 g/mol. The first kappa shape index (κ1) is 39.0. The summed E-state index contributed by atoms with van der Waals surface area (Å²) in [6.45, 7) is 18.1. The minimum absolute atomic E-state index is 0.285. The smallest absolute Gasteiger partial charge is 0.207 e. The molecule has 0 saturated carbocycles. The second-order valence-corrected chi connectivity index (χ2v) is 9.64. The van der Waals surface area contributed by atoms with Gasteiger partial charge in [-0.25, -0.2) is 28.4 Å². The van der Waals surface area contributed by atoms with Gasteiger partial charge in [0.05, 0.1) is 0 Å². The molecule has 0 aliphatic heterocycles. The molecule has 2 aromatic carbocycles. The molecule has 9 heteroatoms. The number of carbonyl (C=O) groups is 1. The number of rotatable bonds is 8. The number of unbranched alkanes of at least 4 members (excludes halogenated alkanes) is 1. The van der Waals surface area contributed by atoms with Gasteiger partial charge in [-0.2, -0.15) is 5.10 Å². The molecule has 2 aromatic heterocycles. The lowest BCUT2D eigenvalue weighted by Crippen LogP contribution is -2.10. The normalized spacial score (nSPS) is 9.44. The van der Waals surface area contributed by atoms with Crippen molar-refractivity contribution in [1.29, 1.82) is 0 Å². The van der Waals surface area contributed by atoms with Crippen LogP contribution in [0.5, 0.6) is 0 Å². The molecule has 43 heavy (non-hydrogen) atoms. The molecule has 0 atom stereocenters. The summed E-state index contributed by atoms with van der Waals surface area (Å²) in [4.78, 5) is 21.9. The second kappa shape index (κ2) is 24.6. The first-order valence-electron chi connectivity index (χ1n) is 15.1. The number of halogens is 2.